The molecule has 0 heterocycles. The van der Waals surface area contributed by atoms with Crippen molar-refractivity contribution < 1.29 is 42.1 Å². The summed E-state index contributed by atoms with van der Waals surface area (Å²) >= 11 is 0. The maximum Gasteiger partial charge on any atom is 0.331 e. The Morgan fingerprint density at radius 2 is 1.37 bits per heavy atom. The lowest BCUT2D eigenvalue weighted by atomic mass is 10.2. The number of carbonyl (C=O) groups is 2. The molecule has 0 bridgehead atoms. The summed E-state index contributed by atoms with van der Waals surface area (Å²) in [5.41, 5.74) is 0. The summed E-state index contributed by atoms with van der Waals surface area (Å²) in [6.45, 7) is 3.71. The molecule has 1 unspecified atom stereocenters. The van der Waals surface area contributed by atoms with Gasteiger partial charge in [-0.25, -0.2) is 9.59 Å². The minimum Gasteiger partial charge on any atom is -0.756 e. The average Bonchev–Trinajstić information content (AvgIpc) is 2.83. The Balaban J connectivity index is 4.91. The van der Waals surface area contributed by atoms with Gasteiger partial charge in [-0.2, -0.15) is 0 Å². The standard InChI is InChI=1S/C28H48NO8P/c1-6-8-10-12-14-16-18-20-27(30)34-24-26(25-36-38(32,33)35-23-22-29(3,4)5)37-28(31)21-19-17-15-13-11-9-7-2/h14-21,26H,6-13,22-25H2,1-5H3/b16-14+,17-15+,20-18+,21-19+/t26-/m0/s1. The lowest BCUT2D eigenvalue weighted by molar-refractivity contribution is -0.870. The van der Waals surface area contributed by atoms with E-state index in [9.17, 15) is 19.0 Å². The normalized spacial score (nSPS) is 15.0. The van der Waals surface area contributed by atoms with Crippen molar-refractivity contribution >= 4 is 19.8 Å². The summed E-state index contributed by atoms with van der Waals surface area (Å²) in [5.74, 6) is -1.37. The Kier molecular flexibility index (Phi) is 20.7. The predicted molar refractivity (Wildman–Crippen MR) is 148 cm³/mol. The molecule has 0 radical (unpaired) electrons. The van der Waals surface area contributed by atoms with Gasteiger partial charge in [0.25, 0.3) is 7.82 Å². The van der Waals surface area contributed by atoms with E-state index in [0.29, 0.717) is 11.0 Å². The highest BCUT2D eigenvalue weighted by molar-refractivity contribution is 7.45. The molecule has 0 aliphatic heterocycles. The number of carbonyl (C=O) groups excluding carboxylic acids is 2. The fourth-order valence-corrected chi connectivity index (χ4v) is 3.55. The number of unbranched alkanes of at least 4 members (excludes halogenated alkanes) is 6. The van der Waals surface area contributed by atoms with Crippen LogP contribution in [0.1, 0.15) is 65.2 Å². The zero-order valence-corrected chi connectivity index (χ0v) is 24.7. The van der Waals surface area contributed by atoms with Crippen LogP contribution in [0.2, 0.25) is 0 Å². The Hall–Kier alpha value is -2.03. The van der Waals surface area contributed by atoms with Gasteiger partial charge >= 0.3 is 11.9 Å². The number of phosphoric acid groups is 1. The van der Waals surface area contributed by atoms with Crippen LogP contribution in [0, 0.1) is 0 Å². The zero-order chi connectivity index (χ0) is 28.7. The number of esters is 2. The summed E-state index contributed by atoms with van der Waals surface area (Å²) in [6.07, 6.45) is 20.4. The van der Waals surface area contributed by atoms with Crippen LogP contribution in [-0.4, -0.2) is 70.0 Å². The number of rotatable bonds is 22. The molecule has 0 aromatic carbocycles. The molecule has 0 fully saturated rings. The van der Waals surface area contributed by atoms with Crippen molar-refractivity contribution in [2.45, 2.75) is 71.3 Å². The van der Waals surface area contributed by atoms with Gasteiger partial charge in [0.2, 0.25) is 0 Å². The summed E-state index contributed by atoms with van der Waals surface area (Å²) in [6, 6.07) is 0. The second kappa shape index (κ2) is 21.9. The molecular weight excluding hydrogens is 509 g/mol. The van der Waals surface area contributed by atoms with Crippen molar-refractivity contribution in [3.05, 3.63) is 48.6 Å². The minimum absolute atomic E-state index is 0.0617. The van der Waals surface area contributed by atoms with Crippen molar-refractivity contribution in [1.82, 2.24) is 0 Å². The minimum atomic E-state index is -4.64. The fourth-order valence-electron chi connectivity index (χ4n) is 2.82. The second-order valence-corrected chi connectivity index (χ2v) is 11.3. The zero-order valence-electron chi connectivity index (χ0n) is 23.8. The van der Waals surface area contributed by atoms with Gasteiger partial charge in [-0.1, -0.05) is 76.0 Å². The van der Waals surface area contributed by atoms with Crippen molar-refractivity contribution in [1.29, 1.82) is 0 Å². The van der Waals surface area contributed by atoms with Gasteiger partial charge in [-0.05, 0) is 25.7 Å². The van der Waals surface area contributed by atoms with Gasteiger partial charge < -0.3 is 27.9 Å². The third kappa shape index (κ3) is 24.3. The monoisotopic (exact) mass is 557 g/mol. The number of allylic oxidation sites excluding steroid dienone is 6. The van der Waals surface area contributed by atoms with Crippen molar-refractivity contribution in [2.24, 2.45) is 0 Å². The van der Waals surface area contributed by atoms with Gasteiger partial charge in [0, 0.05) is 12.2 Å². The number of hydrogen-bond donors (Lipinski definition) is 0. The molecule has 0 aromatic heterocycles. The SMILES string of the molecule is CCCCC/C=C/C=C/C(=O)OC[C@@H](COP(=O)([O-])OCC[N+](C)(C)C)OC(=O)/C=C/C=C/CCCCC. The molecule has 0 N–H and O–H groups in total. The molecule has 0 aliphatic carbocycles. The van der Waals surface area contributed by atoms with Crippen LogP contribution >= 0.6 is 7.82 Å². The molecular formula is C28H48NO8P. The average molecular weight is 558 g/mol. The molecule has 2 atom stereocenters. The first-order valence-electron chi connectivity index (χ1n) is 13.4. The third-order valence-corrected chi connectivity index (χ3v) is 6.00. The summed E-state index contributed by atoms with van der Waals surface area (Å²) in [4.78, 5) is 36.4. The number of nitrogens with zero attached hydrogens (tertiary/aromatic N) is 1. The second-order valence-electron chi connectivity index (χ2n) is 9.85. The lowest BCUT2D eigenvalue weighted by Gasteiger charge is -2.28. The van der Waals surface area contributed by atoms with Crippen LogP contribution < -0.4 is 4.89 Å². The van der Waals surface area contributed by atoms with E-state index < -0.39 is 32.5 Å². The number of ether oxygens (including phenoxy) is 2. The molecule has 0 aliphatic rings. The first-order valence-corrected chi connectivity index (χ1v) is 14.9. The first-order chi connectivity index (χ1) is 18.0. The number of hydrogen-bond acceptors (Lipinski definition) is 8. The van der Waals surface area contributed by atoms with Crippen molar-refractivity contribution in [3.8, 4) is 0 Å². The Morgan fingerprint density at radius 3 is 1.89 bits per heavy atom. The Bertz CT molecular complexity index is 814. The van der Waals surface area contributed by atoms with Gasteiger partial charge in [0.15, 0.2) is 6.10 Å². The predicted octanol–water partition coefficient (Wildman–Crippen LogP) is 5.03. The highest BCUT2D eigenvalue weighted by atomic mass is 31.2. The maximum atomic E-state index is 12.2. The number of likely N-dealkylation sites (N-methyl/N-ethyl adjacent to an activating group) is 1. The summed E-state index contributed by atoms with van der Waals surface area (Å²) < 4.78 is 32.8. The van der Waals surface area contributed by atoms with Crippen molar-refractivity contribution in [3.63, 3.8) is 0 Å². The number of phosphoric ester groups is 1. The molecule has 0 aromatic rings. The molecule has 0 saturated heterocycles. The van der Waals surface area contributed by atoms with Crippen molar-refractivity contribution in [2.75, 3.05) is 47.5 Å². The largest absolute Gasteiger partial charge is 0.756 e. The summed E-state index contributed by atoms with van der Waals surface area (Å²) in [7, 11) is 1.05. The van der Waals surface area contributed by atoms with E-state index in [2.05, 4.69) is 13.8 Å². The molecule has 10 heteroatoms. The Labute approximate surface area is 229 Å². The molecule has 0 saturated carbocycles. The van der Waals surface area contributed by atoms with Gasteiger partial charge in [-0.15, -0.1) is 0 Å². The van der Waals surface area contributed by atoms with Crippen LogP contribution in [0.4, 0.5) is 0 Å². The van der Waals surface area contributed by atoms with E-state index in [-0.39, 0.29) is 13.2 Å². The highest BCUT2D eigenvalue weighted by Gasteiger charge is 2.20. The van der Waals surface area contributed by atoms with Crippen LogP contribution in [0.25, 0.3) is 0 Å². The van der Waals surface area contributed by atoms with Crippen LogP contribution in [0.3, 0.4) is 0 Å². The van der Waals surface area contributed by atoms with E-state index in [1.54, 1.807) is 24.3 Å². The topological polar surface area (TPSA) is 111 Å². The molecule has 0 rings (SSSR count). The molecule has 0 spiro atoms. The van der Waals surface area contributed by atoms with E-state index >= 15 is 0 Å². The molecule has 38 heavy (non-hydrogen) atoms. The van der Waals surface area contributed by atoms with Crippen LogP contribution in [-0.2, 0) is 32.7 Å². The number of quaternary nitrogens is 1. The van der Waals surface area contributed by atoms with Gasteiger partial charge in [0.05, 0.1) is 27.7 Å². The maximum absolute atomic E-state index is 12.2. The fraction of sp³-hybridized carbons (Fsp3) is 0.643. The van der Waals surface area contributed by atoms with E-state index in [4.69, 9.17) is 18.5 Å². The van der Waals surface area contributed by atoms with E-state index in [0.717, 1.165) is 51.4 Å². The smallest absolute Gasteiger partial charge is 0.331 e. The van der Waals surface area contributed by atoms with Gasteiger partial charge in [-0.3, -0.25) is 4.57 Å². The first kappa shape index (κ1) is 36.0. The summed E-state index contributed by atoms with van der Waals surface area (Å²) in [5, 5.41) is 0. The van der Waals surface area contributed by atoms with E-state index in [1.807, 2.05) is 33.3 Å². The quantitative estimate of drug-likeness (QED) is 0.0455. The van der Waals surface area contributed by atoms with Crippen LogP contribution in [0.5, 0.6) is 0 Å². The molecule has 9 nitrogen and oxygen atoms in total. The highest BCUT2D eigenvalue weighted by Crippen LogP contribution is 2.38. The molecule has 218 valence electrons. The lowest BCUT2D eigenvalue weighted by Crippen LogP contribution is -2.37. The Morgan fingerprint density at radius 1 is 0.816 bits per heavy atom. The van der Waals surface area contributed by atoms with Gasteiger partial charge in [0.1, 0.15) is 19.8 Å². The van der Waals surface area contributed by atoms with E-state index in [1.165, 1.54) is 12.2 Å². The van der Waals surface area contributed by atoms with Crippen LogP contribution in [0.15, 0.2) is 48.6 Å². The molecule has 0 amide bonds. The third-order valence-electron chi connectivity index (χ3n) is 5.03.